The summed E-state index contributed by atoms with van der Waals surface area (Å²) in [6, 6.07) is 1.97. The van der Waals surface area contributed by atoms with Gasteiger partial charge in [0.1, 0.15) is 5.69 Å². The number of carbonyl (C=O) groups excluding carboxylic acids is 1. The molecule has 2 saturated heterocycles. The summed E-state index contributed by atoms with van der Waals surface area (Å²) >= 11 is 0. The number of hydrogen-bond acceptors (Lipinski definition) is 4. The van der Waals surface area contributed by atoms with E-state index in [0.717, 1.165) is 56.3 Å². The molecule has 1 amide bonds. The molecule has 2 aliphatic rings. The molecule has 0 atom stereocenters. The Bertz CT molecular complexity index is 568. The summed E-state index contributed by atoms with van der Waals surface area (Å²) in [5.41, 5.74) is 1.75. The smallest absolute Gasteiger partial charge is 0.272 e. The largest absolute Gasteiger partial charge is 0.335 e. The zero-order chi connectivity index (χ0) is 17.8. The molecule has 140 valence electrons. The van der Waals surface area contributed by atoms with Crippen LogP contribution < -0.4 is 0 Å². The van der Waals surface area contributed by atoms with Crippen LogP contribution in [0.5, 0.6) is 0 Å². The maximum Gasteiger partial charge on any atom is 0.272 e. The van der Waals surface area contributed by atoms with Crippen LogP contribution in [0.3, 0.4) is 0 Å². The highest BCUT2D eigenvalue weighted by Crippen LogP contribution is 2.18. The summed E-state index contributed by atoms with van der Waals surface area (Å²) in [6.07, 6.45) is 4.61. The minimum absolute atomic E-state index is 0.135. The quantitative estimate of drug-likeness (QED) is 0.809. The zero-order valence-electron chi connectivity index (χ0n) is 16.1. The Hall–Kier alpha value is -1.40. The van der Waals surface area contributed by atoms with E-state index in [-0.39, 0.29) is 5.91 Å². The molecule has 1 aromatic heterocycles. The number of aryl methyl sites for hydroxylation is 2. The number of carbonyl (C=O) groups is 1. The second kappa shape index (κ2) is 8.32. The molecule has 0 saturated carbocycles. The van der Waals surface area contributed by atoms with Crippen LogP contribution in [0.2, 0.25) is 0 Å². The van der Waals surface area contributed by atoms with E-state index < -0.39 is 0 Å². The maximum absolute atomic E-state index is 12.8. The van der Waals surface area contributed by atoms with Crippen molar-refractivity contribution in [3.63, 3.8) is 0 Å². The van der Waals surface area contributed by atoms with Crippen LogP contribution in [-0.2, 0) is 13.5 Å². The van der Waals surface area contributed by atoms with E-state index in [2.05, 4.69) is 28.9 Å². The highest BCUT2D eigenvalue weighted by molar-refractivity contribution is 5.92. The van der Waals surface area contributed by atoms with Crippen molar-refractivity contribution in [3.8, 4) is 0 Å². The van der Waals surface area contributed by atoms with Crippen LogP contribution in [0, 0.1) is 5.92 Å². The molecule has 0 aromatic carbocycles. The van der Waals surface area contributed by atoms with E-state index in [1.54, 1.807) is 4.68 Å². The Morgan fingerprint density at radius 1 is 1.12 bits per heavy atom. The van der Waals surface area contributed by atoms with Gasteiger partial charge in [0.2, 0.25) is 0 Å². The van der Waals surface area contributed by atoms with Crippen LogP contribution in [-0.4, -0.2) is 83.2 Å². The standard InChI is InChI=1S/C19H33N5O/c1-4-5-17-14-18(22(3)20-17)19(25)24-12-10-23(11-13-24)15-16-6-8-21(2)9-7-16/h14,16H,4-13,15H2,1-3H3. The van der Waals surface area contributed by atoms with Crippen molar-refractivity contribution in [2.24, 2.45) is 13.0 Å². The van der Waals surface area contributed by atoms with Gasteiger partial charge in [-0.25, -0.2) is 0 Å². The van der Waals surface area contributed by atoms with Crippen LogP contribution >= 0.6 is 0 Å². The second-order valence-corrected chi connectivity index (χ2v) is 7.73. The van der Waals surface area contributed by atoms with E-state index >= 15 is 0 Å². The van der Waals surface area contributed by atoms with Crippen molar-refractivity contribution in [1.82, 2.24) is 24.5 Å². The van der Waals surface area contributed by atoms with Gasteiger partial charge in [-0.1, -0.05) is 13.3 Å². The van der Waals surface area contributed by atoms with E-state index in [0.29, 0.717) is 0 Å². The number of piperidine rings is 1. The number of rotatable bonds is 5. The number of likely N-dealkylation sites (tertiary alicyclic amines) is 1. The lowest BCUT2D eigenvalue weighted by atomic mass is 9.96. The van der Waals surface area contributed by atoms with Gasteiger partial charge in [0.15, 0.2) is 0 Å². The van der Waals surface area contributed by atoms with Gasteiger partial charge < -0.3 is 9.80 Å². The molecule has 2 aliphatic heterocycles. The first-order valence-corrected chi connectivity index (χ1v) is 9.80. The number of aromatic nitrogens is 2. The Kier molecular flexibility index (Phi) is 6.12. The molecule has 25 heavy (non-hydrogen) atoms. The van der Waals surface area contributed by atoms with Crippen LogP contribution in [0.1, 0.15) is 42.4 Å². The molecule has 3 rings (SSSR count). The molecule has 3 heterocycles. The molecule has 0 aliphatic carbocycles. The predicted octanol–water partition coefficient (Wildman–Crippen LogP) is 1.47. The first-order chi connectivity index (χ1) is 12.1. The zero-order valence-corrected chi connectivity index (χ0v) is 16.1. The number of hydrogen-bond donors (Lipinski definition) is 0. The van der Waals surface area contributed by atoms with Gasteiger partial charge in [0, 0.05) is 39.8 Å². The number of nitrogens with zero attached hydrogens (tertiary/aromatic N) is 5. The van der Waals surface area contributed by atoms with E-state index in [9.17, 15) is 4.79 Å². The van der Waals surface area contributed by atoms with Crippen molar-refractivity contribution in [1.29, 1.82) is 0 Å². The summed E-state index contributed by atoms with van der Waals surface area (Å²) in [5, 5.41) is 4.47. The van der Waals surface area contributed by atoms with Crippen LogP contribution in [0.15, 0.2) is 6.07 Å². The van der Waals surface area contributed by atoms with Crippen molar-refractivity contribution in [3.05, 3.63) is 17.5 Å². The summed E-state index contributed by atoms with van der Waals surface area (Å²) in [6.45, 7) is 9.45. The summed E-state index contributed by atoms with van der Waals surface area (Å²) < 4.78 is 1.75. The minimum atomic E-state index is 0.135. The lowest BCUT2D eigenvalue weighted by Gasteiger charge is -2.38. The number of amides is 1. The topological polar surface area (TPSA) is 44.6 Å². The highest BCUT2D eigenvalue weighted by atomic mass is 16.2. The molecule has 0 unspecified atom stereocenters. The Morgan fingerprint density at radius 2 is 1.80 bits per heavy atom. The van der Waals surface area contributed by atoms with E-state index in [4.69, 9.17) is 0 Å². The fraction of sp³-hybridized carbons (Fsp3) is 0.789. The van der Waals surface area contributed by atoms with Crippen molar-refractivity contribution in [2.75, 3.05) is 52.9 Å². The third-order valence-electron chi connectivity index (χ3n) is 5.67. The minimum Gasteiger partial charge on any atom is -0.335 e. The molecule has 1 aromatic rings. The van der Waals surface area contributed by atoms with Crippen molar-refractivity contribution >= 4 is 5.91 Å². The Morgan fingerprint density at radius 3 is 2.44 bits per heavy atom. The van der Waals surface area contributed by atoms with E-state index in [1.165, 1.54) is 32.5 Å². The Labute approximate surface area is 151 Å². The first kappa shape index (κ1) is 18.4. The van der Waals surface area contributed by atoms with Gasteiger partial charge in [0.05, 0.1) is 5.69 Å². The van der Waals surface area contributed by atoms with Gasteiger partial charge in [-0.05, 0) is 51.4 Å². The molecule has 0 spiro atoms. The Balaban J connectivity index is 1.49. The summed E-state index contributed by atoms with van der Waals surface area (Å²) in [7, 11) is 4.09. The predicted molar refractivity (Wildman–Crippen MR) is 99.8 cm³/mol. The van der Waals surface area contributed by atoms with Crippen LogP contribution in [0.25, 0.3) is 0 Å². The number of piperazine rings is 1. The van der Waals surface area contributed by atoms with Crippen molar-refractivity contribution in [2.45, 2.75) is 32.6 Å². The molecule has 0 N–H and O–H groups in total. The van der Waals surface area contributed by atoms with E-state index in [1.807, 2.05) is 18.0 Å². The molecular formula is C19H33N5O. The third-order valence-corrected chi connectivity index (χ3v) is 5.67. The average molecular weight is 348 g/mol. The lowest BCUT2D eigenvalue weighted by Crippen LogP contribution is -2.50. The average Bonchev–Trinajstić information content (AvgIpc) is 2.98. The molecule has 6 heteroatoms. The van der Waals surface area contributed by atoms with Crippen LogP contribution in [0.4, 0.5) is 0 Å². The maximum atomic E-state index is 12.8. The van der Waals surface area contributed by atoms with Gasteiger partial charge in [-0.15, -0.1) is 0 Å². The van der Waals surface area contributed by atoms with Crippen molar-refractivity contribution < 1.29 is 4.79 Å². The molecule has 0 bridgehead atoms. The summed E-state index contributed by atoms with van der Waals surface area (Å²) in [5.74, 6) is 0.962. The van der Waals surface area contributed by atoms with Gasteiger partial charge >= 0.3 is 0 Å². The summed E-state index contributed by atoms with van der Waals surface area (Å²) in [4.78, 5) is 19.8. The fourth-order valence-corrected chi connectivity index (χ4v) is 4.01. The van der Waals surface area contributed by atoms with Gasteiger partial charge in [0.25, 0.3) is 5.91 Å². The highest BCUT2D eigenvalue weighted by Gasteiger charge is 2.26. The molecule has 2 fully saturated rings. The first-order valence-electron chi connectivity index (χ1n) is 9.80. The molecular weight excluding hydrogens is 314 g/mol. The molecule has 6 nitrogen and oxygen atoms in total. The third kappa shape index (κ3) is 4.61. The van der Waals surface area contributed by atoms with Gasteiger partial charge in [-0.2, -0.15) is 5.10 Å². The fourth-order valence-electron chi connectivity index (χ4n) is 4.01. The monoisotopic (exact) mass is 347 g/mol. The second-order valence-electron chi connectivity index (χ2n) is 7.73. The van der Waals surface area contributed by atoms with Gasteiger partial charge in [-0.3, -0.25) is 14.4 Å². The normalized spacial score (nSPS) is 21.0. The SMILES string of the molecule is CCCc1cc(C(=O)N2CCN(CC3CCN(C)CC3)CC2)n(C)n1. The lowest BCUT2D eigenvalue weighted by molar-refractivity contribution is 0.0584. The molecule has 0 radical (unpaired) electrons.